The molecule has 2 aliphatic rings. The Balaban J connectivity index is 1.77. The lowest BCUT2D eigenvalue weighted by Gasteiger charge is -2.44. The van der Waals surface area contributed by atoms with Gasteiger partial charge in [0.1, 0.15) is 6.10 Å². The van der Waals surface area contributed by atoms with Gasteiger partial charge in [-0.05, 0) is 25.2 Å². The summed E-state index contributed by atoms with van der Waals surface area (Å²) in [7, 11) is 0. The summed E-state index contributed by atoms with van der Waals surface area (Å²) in [6.07, 6.45) is 6.93. The van der Waals surface area contributed by atoms with Crippen molar-refractivity contribution in [2.75, 3.05) is 6.61 Å². The molecule has 2 fully saturated rings. The summed E-state index contributed by atoms with van der Waals surface area (Å²) in [4.78, 5) is 0. The van der Waals surface area contributed by atoms with Crippen LogP contribution in [0.15, 0.2) is 0 Å². The SMILES string of the molecule is CCCOC1C(O)CC1OC1CCCCC1C. The van der Waals surface area contributed by atoms with Crippen LogP contribution < -0.4 is 0 Å². The predicted octanol–water partition coefficient (Wildman–Crippen LogP) is 2.51. The van der Waals surface area contributed by atoms with Crippen molar-refractivity contribution in [2.24, 2.45) is 5.92 Å². The summed E-state index contributed by atoms with van der Waals surface area (Å²) in [5, 5.41) is 9.70. The van der Waals surface area contributed by atoms with Crippen LogP contribution in [0, 0.1) is 5.92 Å². The molecule has 2 saturated carbocycles. The normalized spacial score (nSPS) is 42.2. The van der Waals surface area contributed by atoms with Crippen molar-refractivity contribution in [3.63, 3.8) is 0 Å². The van der Waals surface area contributed by atoms with E-state index in [2.05, 4.69) is 13.8 Å². The van der Waals surface area contributed by atoms with Gasteiger partial charge in [0.2, 0.25) is 0 Å². The second kappa shape index (κ2) is 6.17. The minimum absolute atomic E-state index is 0.0796. The van der Waals surface area contributed by atoms with E-state index in [1.165, 1.54) is 25.7 Å². The standard InChI is InChI=1S/C14H26O3/c1-3-8-16-14-11(15)9-13(14)17-12-7-5-4-6-10(12)2/h10-15H,3-9H2,1-2H3. The highest BCUT2D eigenvalue weighted by Crippen LogP contribution is 2.33. The first-order valence-electron chi connectivity index (χ1n) is 7.17. The molecule has 100 valence electrons. The molecule has 0 aliphatic heterocycles. The van der Waals surface area contributed by atoms with Crippen molar-refractivity contribution in [2.45, 2.75) is 76.8 Å². The van der Waals surface area contributed by atoms with Gasteiger partial charge in [0.05, 0.1) is 18.3 Å². The quantitative estimate of drug-likeness (QED) is 0.805. The zero-order valence-electron chi connectivity index (χ0n) is 11.1. The summed E-state index contributed by atoms with van der Waals surface area (Å²) in [6, 6.07) is 0. The molecule has 0 amide bonds. The van der Waals surface area contributed by atoms with Crippen LogP contribution in [0.5, 0.6) is 0 Å². The molecule has 0 heterocycles. The molecule has 5 atom stereocenters. The third-order valence-electron chi connectivity index (χ3n) is 4.12. The van der Waals surface area contributed by atoms with Gasteiger partial charge in [0.25, 0.3) is 0 Å². The zero-order valence-corrected chi connectivity index (χ0v) is 11.1. The van der Waals surface area contributed by atoms with Crippen molar-refractivity contribution in [3.8, 4) is 0 Å². The van der Waals surface area contributed by atoms with Crippen LogP contribution in [0.3, 0.4) is 0 Å². The molecule has 0 aromatic rings. The fourth-order valence-electron chi connectivity index (χ4n) is 2.87. The average Bonchev–Trinajstić information content (AvgIpc) is 2.31. The van der Waals surface area contributed by atoms with Crippen LogP contribution >= 0.6 is 0 Å². The van der Waals surface area contributed by atoms with Crippen LogP contribution in [0.25, 0.3) is 0 Å². The lowest BCUT2D eigenvalue weighted by molar-refractivity contribution is -0.216. The van der Waals surface area contributed by atoms with Gasteiger partial charge in [-0.15, -0.1) is 0 Å². The third-order valence-corrected chi connectivity index (χ3v) is 4.12. The van der Waals surface area contributed by atoms with Crippen LogP contribution in [0.1, 0.15) is 52.4 Å². The Labute approximate surface area is 104 Å². The van der Waals surface area contributed by atoms with E-state index in [0.29, 0.717) is 12.0 Å². The maximum absolute atomic E-state index is 9.70. The van der Waals surface area contributed by atoms with Gasteiger partial charge in [0, 0.05) is 13.0 Å². The molecule has 0 aromatic carbocycles. The minimum atomic E-state index is -0.314. The first-order chi connectivity index (χ1) is 8.22. The molecule has 0 bridgehead atoms. The third kappa shape index (κ3) is 3.21. The van der Waals surface area contributed by atoms with Crippen molar-refractivity contribution in [1.82, 2.24) is 0 Å². The van der Waals surface area contributed by atoms with Gasteiger partial charge in [0.15, 0.2) is 0 Å². The van der Waals surface area contributed by atoms with Gasteiger partial charge in [-0.2, -0.15) is 0 Å². The zero-order chi connectivity index (χ0) is 12.3. The van der Waals surface area contributed by atoms with Gasteiger partial charge in [-0.25, -0.2) is 0 Å². The van der Waals surface area contributed by atoms with Crippen molar-refractivity contribution >= 4 is 0 Å². The van der Waals surface area contributed by atoms with Crippen molar-refractivity contribution in [3.05, 3.63) is 0 Å². The molecule has 1 N–H and O–H groups in total. The molecule has 0 spiro atoms. The van der Waals surface area contributed by atoms with Crippen molar-refractivity contribution in [1.29, 1.82) is 0 Å². The molecule has 0 saturated heterocycles. The molecule has 0 aromatic heterocycles. The largest absolute Gasteiger partial charge is 0.390 e. The van der Waals surface area contributed by atoms with Gasteiger partial charge in [-0.3, -0.25) is 0 Å². The monoisotopic (exact) mass is 242 g/mol. The lowest BCUT2D eigenvalue weighted by Crippen LogP contribution is -2.55. The Morgan fingerprint density at radius 3 is 2.59 bits per heavy atom. The molecule has 17 heavy (non-hydrogen) atoms. The predicted molar refractivity (Wildman–Crippen MR) is 66.9 cm³/mol. The van der Waals surface area contributed by atoms with E-state index in [-0.39, 0.29) is 18.3 Å². The highest BCUT2D eigenvalue weighted by Gasteiger charge is 2.43. The van der Waals surface area contributed by atoms with Gasteiger partial charge in [-0.1, -0.05) is 26.7 Å². The van der Waals surface area contributed by atoms with Crippen LogP contribution in [0.2, 0.25) is 0 Å². The number of aliphatic hydroxyl groups excluding tert-OH is 1. The molecular weight excluding hydrogens is 216 g/mol. The number of rotatable bonds is 5. The second-order valence-electron chi connectivity index (χ2n) is 5.61. The highest BCUT2D eigenvalue weighted by atomic mass is 16.6. The summed E-state index contributed by atoms with van der Waals surface area (Å²) >= 11 is 0. The Hall–Kier alpha value is -0.120. The van der Waals surface area contributed by atoms with E-state index < -0.39 is 0 Å². The Morgan fingerprint density at radius 2 is 1.94 bits per heavy atom. The fraction of sp³-hybridized carbons (Fsp3) is 1.00. The smallest absolute Gasteiger partial charge is 0.110 e. The molecule has 2 aliphatic carbocycles. The van der Waals surface area contributed by atoms with E-state index in [1.54, 1.807) is 0 Å². The first kappa shape index (κ1) is 13.3. The first-order valence-corrected chi connectivity index (χ1v) is 7.17. The Kier molecular flexibility index (Phi) is 4.83. The summed E-state index contributed by atoms with van der Waals surface area (Å²) in [5.41, 5.74) is 0. The van der Waals surface area contributed by atoms with E-state index in [0.717, 1.165) is 19.4 Å². The number of aliphatic hydroxyl groups is 1. The molecule has 3 nitrogen and oxygen atoms in total. The number of hydrogen-bond donors (Lipinski definition) is 1. The summed E-state index contributed by atoms with van der Waals surface area (Å²) < 4.78 is 11.8. The molecule has 3 heteroatoms. The maximum Gasteiger partial charge on any atom is 0.110 e. The molecule has 2 rings (SSSR count). The second-order valence-corrected chi connectivity index (χ2v) is 5.61. The highest BCUT2D eigenvalue weighted by molar-refractivity contribution is 4.93. The topological polar surface area (TPSA) is 38.7 Å². The minimum Gasteiger partial charge on any atom is -0.390 e. The lowest BCUT2D eigenvalue weighted by atomic mass is 9.84. The summed E-state index contributed by atoms with van der Waals surface area (Å²) in [6.45, 7) is 5.09. The van der Waals surface area contributed by atoms with E-state index in [4.69, 9.17) is 9.47 Å². The molecule has 5 unspecified atom stereocenters. The van der Waals surface area contributed by atoms with E-state index >= 15 is 0 Å². The van der Waals surface area contributed by atoms with Crippen LogP contribution in [-0.4, -0.2) is 36.1 Å². The Bertz CT molecular complexity index is 232. The number of hydrogen-bond acceptors (Lipinski definition) is 3. The summed E-state index contributed by atoms with van der Waals surface area (Å²) in [5.74, 6) is 0.660. The van der Waals surface area contributed by atoms with Gasteiger partial charge >= 0.3 is 0 Å². The van der Waals surface area contributed by atoms with E-state index in [1.807, 2.05) is 0 Å². The van der Waals surface area contributed by atoms with E-state index in [9.17, 15) is 5.11 Å². The van der Waals surface area contributed by atoms with Crippen molar-refractivity contribution < 1.29 is 14.6 Å². The molecular formula is C14H26O3. The molecule has 0 radical (unpaired) electrons. The van der Waals surface area contributed by atoms with Crippen LogP contribution in [-0.2, 0) is 9.47 Å². The fourth-order valence-corrected chi connectivity index (χ4v) is 2.87. The average molecular weight is 242 g/mol. The van der Waals surface area contributed by atoms with Gasteiger partial charge < -0.3 is 14.6 Å². The number of ether oxygens (including phenoxy) is 2. The maximum atomic E-state index is 9.70. The van der Waals surface area contributed by atoms with Crippen LogP contribution in [0.4, 0.5) is 0 Å². The Morgan fingerprint density at radius 1 is 1.18 bits per heavy atom.